The Kier molecular flexibility index (Phi) is 7.50. The van der Waals surface area contributed by atoms with Gasteiger partial charge in [-0.25, -0.2) is 0 Å². The van der Waals surface area contributed by atoms with Crippen molar-refractivity contribution in [1.82, 2.24) is 9.80 Å². The summed E-state index contributed by atoms with van der Waals surface area (Å²) in [7, 11) is 0. The molecule has 0 aliphatic carbocycles. The molecule has 7 heteroatoms. The summed E-state index contributed by atoms with van der Waals surface area (Å²) < 4.78 is 11.3. The number of carbonyl (C=O) groups excluding carboxylic acids is 1. The van der Waals surface area contributed by atoms with Gasteiger partial charge in [0.25, 0.3) is 5.91 Å². The van der Waals surface area contributed by atoms with Crippen molar-refractivity contribution in [1.29, 1.82) is 0 Å². The molecule has 0 atom stereocenters. The van der Waals surface area contributed by atoms with Gasteiger partial charge in [0.05, 0.1) is 18.1 Å². The minimum Gasteiger partial charge on any atom is -0.490 e. The standard InChI is InChI=1S/C25H29N3O3S/c1-3-30-21-11-10-20(16-22(21)31-4-2)17-23-24(29)26-25(32-23)28-14-12-27(13-15-28)18-19-8-6-5-7-9-19/h5-11,16-17H,3-4,12-15,18H2,1-2H3. The van der Waals surface area contributed by atoms with Crippen molar-refractivity contribution in [2.24, 2.45) is 4.99 Å². The van der Waals surface area contributed by atoms with Crippen LogP contribution >= 0.6 is 11.8 Å². The molecule has 2 aromatic rings. The van der Waals surface area contributed by atoms with Gasteiger partial charge < -0.3 is 14.4 Å². The summed E-state index contributed by atoms with van der Waals surface area (Å²) in [6.45, 7) is 9.63. The molecule has 4 rings (SSSR count). The van der Waals surface area contributed by atoms with Gasteiger partial charge in [0.2, 0.25) is 0 Å². The van der Waals surface area contributed by atoms with Crippen LogP contribution in [0.25, 0.3) is 6.08 Å². The third-order valence-electron chi connectivity index (χ3n) is 5.37. The molecule has 2 aromatic carbocycles. The Morgan fingerprint density at radius 3 is 2.41 bits per heavy atom. The van der Waals surface area contributed by atoms with Gasteiger partial charge >= 0.3 is 0 Å². The number of ether oxygens (including phenoxy) is 2. The molecule has 32 heavy (non-hydrogen) atoms. The second-order valence-electron chi connectivity index (χ2n) is 7.63. The number of nitrogens with zero attached hydrogens (tertiary/aromatic N) is 3. The lowest BCUT2D eigenvalue weighted by molar-refractivity contribution is -0.113. The average molecular weight is 452 g/mol. The van der Waals surface area contributed by atoms with Gasteiger partial charge in [0.15, 0.2) is 16.7 Å². The zero-order valence-corrected chi connectivity index (χ0v) is 19.4. The van der Waals surface area contributed by atoms with Gasteiger partial charge in [-0.05, 0) is 54.9 Å². The SMILES string of the molecule is CCOc1ccc(C=C2SC(N3CCN(Cc4ccccc4)CC3)=NC2=O)cc1OCC. The molecule has 6 nitrogen and oxygen atoms in total. The highest BCUT2D eigenvalue weighted by molar-refractivity contribution is 8.18. The van der Waals surface area contributed by atoms with Crippen LogP contribution in [0.5, 0.6) is 11.5 Å². The largest absolute Gasteiger partial charge is 0.490 e. The Labute approximate surface area is 193 Å². The number of amides is 1. The van der Waals surface area contributed by atoms with Crippen LogP contribution in [-0.2, 0) is 11.3 Å². The number of hydrogen-bond donors (Lipinski definition) is 0. The molecule has 0 saturated carbocycles. The van der Waals surface area contributed by atoms with Gasteiger partial charge in [0.1, 0.15) is 0 Å². The summed E-state index contributed by atoms with van der Waals surface area (Å²) in [5.41, 5.74) is 2.23. The highest BCUT2D eigenvalue weighted by Gasteiger charge is 2.28. The van der Waals surface area contributed by atoms with Crippen LogP contribution < -0.4 is 9.47 Å². The van der Waals surface area contributed by atoms with E-state index < -0.39 is 0 Å². The molecular weight excluding hydrogens is 422 g/mol. The first-order valence-corrected chi connectivity index (χ1v) is 11.9. The number of aliphatic imine (C=N–C) groups is 1. The first-order valence-electron chi connectivity index (χ1n) is 11.1. The van der Waals surface area contributed by atoms with E-state index in [1.807, 2.05) is 44.2 Å². The molecule has 2 aliphatic heterocycles. The predicted molar refractivity (Wildman–Crippen MR) is 130 cm³/mol. The topological polar surface area (TPSA) is 54.4 Å². The third-order valence-corrected chi connectivity index (χ3v) is 6.41. The molecule has 0 radical (unpaired) electrons. The molecule has 0 bridgehead atoms. The molecule has 2 heterocycles. The quantitative estimate of drug-likeness (QED) is 0.586. The lowest BCUT2D eigenvalue weighted by Gasteiger charge is -2.35. The van der Waals surface area contributed by atoms with E-state index in [1.165, 1.54) is 17.3 Å². The van der Waals surface area contributed by atoms with Gasteiger partial charge in [0, 0.05) is 32.7 Å². The van der Waals surface area contributed by atoms with E-state index in [-0.39, 0.29) is 5.91 Å². The van der Waals surface area contributed by atoms with Crippen LogP contribution in [0.1, 0.15) is 25.0 Å². The van der Waals surface area contributed by atoms with E-state index >= 15 is 0 Å². The monoisotopic (exact) mass is 451 g/mol. The number of benzene rings is 2. The Bertz CT molecular complexity index is 999. The minimum atomic E-state index is -0.177. The zero-order valence-electron chi connectivity index (χ0n) is 18.6. The molecule has 0 spiro atoms. The highest BCUT2D eigenvalue weighted by Crippen LogP contribution is 2.33. The van der Waals surface area contributed by atoms with Gasteiger partial charge in [-0.15, -0.1) is 0 Å². The van der Waals surface area contributed by atoms with Crippen molar-refractivity contribution in [2.45, 2.75) is 20.4 Å². The Balaban J connectivity index is 1.37. The Hall–Kier alpha value is -2.77. The lowest BCUT2D eigenvalue weighted by atomic mass is 10.2. The van der Waals surface area contributed by atoms with Crippen LogP contribution in [0.15, 0.2) is 58.4 Å². The average Bonchev–Trinajstić information content (AvgIpc) is 3.17. The number of hydrogen-bond acceptors (Lipinski definition) is 6. The number of carbonyl (C=O) groups is 1. The zero-order chi connectivity index (χ0) is 22.3. The van der Waals surface area contributed by atoms with E-state index in [0.717, 1.165) is 43.5 Å². The maximum atomic E-state index is 12.5. The third kappa shape index (κ3) is 5.53. The molecule has 1 saturated heterocycles. The van der Waals surface area contributed by atoms with Crippen molar-refractivity contribution in [3.05, 3.63) is 64.6 Å². The Morgan fingerprint density at radius 2 is 1.69 bits per heavy atom. The summed E-state index contributed by atoms with van der Waals surface area (Å²) in [6.07, 6.45) is 1.88. The summed E-state index contributed by atoms with van der Waals surface area (Å²) in [4.78, 5) is 22.2. The molecule has 168 valence electrons. The van der Waals surface area contributed by atoms with Crippen LogP contribution in [0.4, 0.5) is 0 Å². The summed E-state index contributed by atoms with van der Waals surface area (Å²) in [5, 5.41) is 0.802. The van der Waals surface area contributed by atoms with Crippen LogP contribution in [0.2, 0.25) is 0 Å². The molecular formula is C25H29N3O3S. The normalized spacial score (nSPS) is 18.2. The minimum absolute atomic E-state index is 0.177. The van der Waals surface area contributed by atoms with E-state index in [4.69, 9.17) is 9.47 Å². The van der Waals surface area contributed by atoms with E-state index in [2.05, 4.69) is 39.1 Å². The first kappa shape index (κ1) is 22.4. The van der Waals surface area contributed by atoms with Crippen molar-refractivity contribution >= 4 is 28.9 Å². The number of amidine groups is 1. The number of piperazine rings is 1. The predicted octanol–water partition coefficient (Wildman–Crippen LogP) is 4.27. The van der Waals surface area contributed by atoms with Crippen LogP contribution in [-0.4, -0.2) is 60.3 Å². The smallest absolute Gasteiger partial charge is 0.286 e. The molecule has 1 amide bonds. The maximum absolute atomic E-state index is 12.5. The molecule has 0 unspecified atom stereocenters. The fourth-order valence-corrected chi connectivity index (χ4v) is 4.75. The molecule has 0 aromatic heterocycles. The van der Waals surface area contributed by atoms with Crippen molar-refractivity contribution < 1.29 is 14.3 Å². The first-order chi connectivity index (χ1) is 15.7. The maximum Gasteiger partial charge on any atom is 0.286 e. The van der Waals surface area contributed by atoms with E-state index in [1.54, 1.807) is 0 Å². The fraction of sp³-hybridized carbons (Fsp3) is 0.360. The van der Waals surface area contributed by atoms with E-state index in [9.17, 15) is 4.79 Å². The molecule has 2 aliphatic rings. The van der Waals surface area contributed by atoms with Gasteiger partial charge in [-0.2, -0.15) is 4.99 Å². The summed E-state index contributed by atoms with van der Waals surface area (Å²) in [6, 6.07) is 16.3. The fourth-order valence-electron chi connectivity index (χ4n) is 3.78. The van der Waals surface area contributed by atoms with Crippen LogP contribution in [0.3, 0.4) is 0 Å². The van der Waals surface area contributed by atoms with E-state index in [0.29, 0.717) is 29.6 Å². The second kappa shape index (κ2) is 10.7. The highest BCUT2D eigenvalue weighted by atomic mass is 32.2. The summed E-state index contributed by atoms with van der Waals surface area (Å²) >= 11 is 1.46. The Morgan fingerprint density at radius 1 is 0.969 bits per heavy atom. The lowest BCUT2D eigenvalue weighted by Crippen LogP contribution is -2.47. The number of thioether (sulfide) groups is 1. The molecule has 1 fully saturated rings. The van der Waals surface area contributed by atoms with Crippen molar-refractivity contribution in [3.63, 3.8) is 0 Å². The van der Waals surface area contributed by atoms with Crippen molar-refractivity contribution in [2.75, 3.05) is 39.4 Å². The number of rotatable bonds is 7. The van der Waals surface area contributed by atoms with Gasteiger partial charge in [-0.3, -0.25) is 9.69 Å². The summed E-state index contributed by atoms with van der Waals surface area (Å²) in [5.74, 6) is 1.23. The molecule has 0 N–H and O–H groups in total. The van der Waals surface area contributed by atoms with Crippen molar-refractivity contribution in [3.8, 4) is 11.5 Å². The van der Waals surface area contributed by atoms with Gasteiger partial charge in [-0.1, -0.05) is 36.4 Å². The second-order valence-corrected chi connectivity index (χ2v) is 8.64. The van der Waals surface area contributed by atoms with Crippen LogP contribution in [0, 0.1) is 0 Å².